The molecule has 142 valence electrons. The Morgan fingerprint density at radius 2 is 0.929 bits per heavy atom. The highest BCUT2D eigenvalue weighted by atomic mass is 35.5. The van der Waals surface area contributed by atoms with Crippen molar-refractivity contribution in [3.8, 4) is 0 Å². The van der Waals surface area contributed by atoms with E-state index in [0.29, 0.717) is 21.4 Å². The van der Waals surface area contributed by atoms with Crippen LogP contribution in [0, 0.1) is 0 Å². The highest BCUT2D eigenvalue weighted by molar-refractivity contribution is 6.31. The zero-order valence-electron chi connectivity index (χ0n) is 14.2. The summed E-state index contributed by atoms with van der Waals surface area (Å²) in [5, 5.41) is 26.2. The largest absolute Gasteiger partial charge is 0.478 e. The van der Waals surface area contributed by atoms with Gasteiger partial charge in [0, 0.05) is 21.4 Å². The van der Waals surface area contributed by atoms with E-state index in [1.54, 1.807) is 48.5 Å². The Balaban J connectivity index is 2.15. The number of hydrogen-bond donors (Lipinski definition) is 4. The third-order valence-electron chi connectivity index (χ3n) is 3.89. The number of carboxylic acids is 2. The minimum atomic E-state index is -1.20. The summed E-state index contributed by atoms with van der Waals surface area (Å²) < 4.78 is 0. The number of rotatable bonds is 6. The maximum atomic E-state index is 11.7. The lowest BCUT2D eigenvalue weighted by molar-refractivity contribution is 0.0683. The van der Waals surface area contributed by atoms with Gasteiger partial charge >= 0.3 is 11.9 Å². The summed E-state index contributed by atoms with van der Waals surface area (Å²) in [6, 6.07) is 15.7. The van der Waals surface area contributed by atoms with Crippen LogP contribution in [-0.4, -0.2) is 22.2 Å². The topological polar surface area (TPSA) is 98.7 Å². The first-order valence-electron chi connectivity index (χ1n) is 8.04. The Bertz CT molecular complexity index is 951. The van der Waals surface area contributed by atoms with E-state index in [9.17, 15) is 19.8 Å². The molecule has 0 spiro atoms. The van der Waals surface area contributed by atoms with Gasteiger partial charge in [-0.3, -0.25) is 0 Å². The average Bonchev–Trinajstić information content (AvgIpc) is 2.66. The van der Waals surface area contributed by atoms with Crippen molar-refractivity contribution in [1.29, 1.82) is 0 Å². The second-order valence-electron chi connectivity index (χ2n) is 5.78. The fourth-order valence-corrected chi connectivity index (χ4v) is 2.83. The predicted octanol–water partition coefficient (Wildman–Crippen LogP) is 5.88. The summed E-state index contributed by atoms with van der Waals surface area (Å²) in [6.07, 6.45) is 0. The summed E-state index contributed by atoms with van der Waals surface area (Å²) in [4.78, 5) is 23.5. The zero-order chi connectivity index (χ0) is 20.3. The predicted molar refractivity (Wildman–Crippen MR) is 110 cm³/mol. The Morgan fingerprint density at radius 1 is 0.607 bits per heavy atom. The molecule has 8 heteroatoms. The van der Waals surface area contributed by atoms with Crippen LogP contribution in [0.25, 0.3) is 0 Å². The van der Waals surface area contributed by atoms with E-state index in [1.165, 1.54) is 12.1 Å². The van der Waals surface area contributed by atoms with Gasteiger partial charge in [-0.15, -0.1) is 0 Å². The number of hydrogen-bond acceptors (Lipinski definition) is 4. The fraction of sp³-hybridized carbons (Fsp3) is 0. The van der Waals surface area contributed by atoms with Crippen LogP contribution < -0.4 is 10.6 Å². The molecule has 0 saturated heterocycles. The third-order valence-corrected chi connectivity index (χ3v) is 4.40. The molecule has 6 nitrogen and oxygen atoms in total. The van der Waals surface area contributed by atoms with Crippen molar-refractivity contribution in [2.75, 3.05) is 10.6 Å². The summed E-state index contributed by atoms with van der Waals surface area (Å²) in [6.45, 7) is 0. The van der Waals surface area contributed by atoms with Gasteiger partial charge in [0.2, 0.25) is 0 Å². The fourth-order valence-electron chi connectivity index (χ4n) is 2.57. The van der Waals surface area contributed by atoms with Crippen LogP contribution in [0.15, 0.2) is 60.7 Å². The molecule has 0 fully saturated rings. The number of carboxylic acid groups (broad SMARTS) is 2. The van der Waals surface area contributed by atoms with E-state index in [2.05, 4.69) is 10.6 Å². The summed E-state index contributed by atoms with van der Waals surface area (Å²) in [7, 11) is 0. The molecular weight excluding hydrogens is 403 g/mol. The van der Waals surface area contributed by atoms with Gasteiger partial charge in [0.15, 0.2) is 0 Å². The van der Waals surface area contributed by atoms with Crippen LogP contribution in [-0.2, 0) is 0 Å². The molecule has 4 N–H and O–H groups in total. The van der Waals surface area contributed by atoms with E-state index in [4.69, 9.17) is 23.2 Å². The minimum absolute atomic E-state index is 0.0867. The molecule has 3 rings (SSSR count). The Hall–Kier alpha value is -3.22. The second-order valence-corrected chi connectivity index (χ2v) is 6.66. The molecule has 0 unspecified atom stereocenters. The van der Waals surface area contributed by atoms with Gasteiger partial charge in [-0.1, -0.05) is 23.2 Å². The van der Waals surface area contributed by atoms with E-state index < -0.39 is 11.9 Å². The van der Waals surface area contributed by atoms with Crippen molar-refractivity contribution >= 4 is 57.9 Å². The molecule has 0 aromatic heterocycles. The molecule has 0 bridgehead atoms. The second kappa shape index (κ2) is 8.21. The van der Waals surface area contributed by atoms with Crippen molar-refractivity contribution in [1.82, 2.24) is 0 Å². The molecule has 0 aliphatic heterocycles. The Kier molecular flexibility index (Phi) is 5.73. The molecule has 0 aliphatic carbocycles. The highest BCUT2D eigenvalue weighted by Gasteiger charge is 2.21. The first kappa shape index (κ1) is 19.5. The van der Waals surface area contributed by atoms with E-state index >= 15 is 0 Å². The van der Waals surface area contributed by atoms with Gasteiger partial charge in [-0.05, 0) is 60.7 Å². The van der Waals surface area contributed by atoms with Gasteiger partial charge in [0.25, 0.3) is 0 Å². The first-order chi connectivity index (χ1) is 13.3. The molecular formula is C20H14Cl2N2O4. The molecule has 3 aromatic carbocycles. The quantitative estimate of drug-likeness (QED) is 0.400. The van der Waals surface area contributed by atoms with Crippen LogP contribution in [0.2, 0.25) is 10.0 Å². The average molecular weight is 417 g/mol. The number of nitrogens with one attached hydrogen (secondary N) is 2. The Labute approximate surface area is 170 Å². The number of halogens is 2. The number of anilines is 4. The van der Waals surface area contributed by atoms with Gasteiger partial charge < -0.3 is 20.8 Å². The lowest BCUT2D eigenvalue weighted by Gasteiger charge is -2.19. The maximum absolute atomic E-state index is 11.7. The SMILES string of the molecule is O=C(O)c1ccc(C(=O)O)c(Nc2ccc(Cl)cc2)c1Nc1ccc(Cl)cc1. The highest BCUT2D eigenvalue weighted by Crippen LogP contribution is 2.36. The molecule has 0 aliphatic rings. The summed E-state index contributed by atoms with van der Waals surface area (Å²) >= 11 is 11.8. The normalized spacial score (nSPS) is 10.4. The molecule has 0 saturated carbocycles. The molecule has 3 aromatic rings. The van der Waals surface area contributed by atoms with Crippen molar-refractivity contribution in [2.24, 2.45) is 0 Å². The van der Waals surface area contributed by atoms with Crippen LogP contribution in [0.5, 0.6) is 0 Å². The molecule has 0 atom stereocenters. The summed E-state index contributed by atoms with van der Waals surface area (Å²) in [5.41, 5.74) is 1.16. The van der Waals surface area contributed by atoms with Crippen molar-refractivity contribution in [3.05, 3.63) is 81.8 Å². The minimum Gasteiger partial charge on any atom is -0.478 e. The van der Waals surface area contributed by atoms with Gasteiger partial charge in [0.1, 0.15) is 0 Å². The van der Waals surface area contributed by atoms with Gasteiger partial charge in [0.05, 0.1) is 22.5 Å². The van der Waals surface area contributed by atoms with E-state index in [1.807, 2.05) is 0 Å². The monoisotopic (exact) mass is 416 g/mol. The van der Waals surface area contributed by atoms with Crippen LogP contribution in [0.4, 0.5) is 22.7 Å². The van der Waals surface area contributed by atoms with Gasteiger partial charge in [-0.25, -0.2) is 9.59 Å². The first-order valence-corrected chi connectivity index (χ1v) is 8.79. The van der Waals surface area contributed by atoms with E-state index in [-0.39, 0.29) is 22.5 Å². The number of aromatic carboxylic acids is 2. The lowest BCUT2D eigenvalue weighted by atomic mass is 10.0. The molecule has 28 heavy (non-hydrogen) atoms. The number of benzene rings is 3. The molecule has 0 radical (unpaired) electrons. The van der Waals surface area contributed by atoms with Crippen LogP contribution in [0.1, 0.15) is 20.7 Å². The third kappa shape index (κ3) is 4.36. The lowest BCUT2D eigenvalue weighted by Crippen LogP contribution is -2.11. The standard InChI is InChI=1S/C20H14Cl2N2O4/c21-11-1-5-13(6-2-11)23-17-15(19(25)26)9-10-16(20(27)28)18(17)24-14-7-3-12(22)4-8-14/h1-10,23-24H,(H,25,26)(H,27,28). The Morgan fingerprint density at radius 3 is 1.21 bits per heavy atom. The van der Waals surface area contributed by atoms with Gasteiger partial charge in [-0.2, -0.15) is 0 Å². The van der Waals surface area contributed by atoms with Crippen molar-refractivity contribution < 1.29 is 19.8 Å². The van der Waals surface area contributed by atoms with Crippen molar-refractivity contribution in [3.63, 3.8) is 0 Å². The molecule has 0 heterocycles. The van der Waals surface area contributed by atoms with Crippen LogP contribution in [0.3, 0.4) is 0 Å². The number of carbonyl (C=O) groups is 2. The zero-order valence-corrected chi connectivity index (χ0v) is 15.8. The smallest absolute Gasteiger partial charge is 0.337 e. The van der Waals surface area contributed by atoms with Crippen LogP contribution >= 0.6 is 23.2 Å². The maximum Gasteiger partial charge on any atom is 0.337 e. The van der Waals surface area contributed by atoms with Crippen molar-refractivity contribution in [2.45, 2.75) is 0 Å². The molecule has 0 amide bonds. The van der Waals surface area contributed by atoms with E-state index in [0.717, 1.165) is 0 Å². The summed E-state index contributed by atoms with van der Waals surface area (Å²) in [5.74, 6) is -2.40.